The lowest BCUT2D eigenvalue weighted by Gasteiger charge is -2.10. The summed E-state index contributed by atoms with van der Waals surface area (Å²) < 4.78 is 6.80. The van der Waals surface area contributed by atoms with Crippen LogP contribution in [-0.4, -0.2) is 9.97 Å². The predicted octanol–water partition coefficient (Wildman–Crippen LogP) is 3.37. The molecule has 19 heavy (non-hydrogen) atoms. The number of pyridine rings is 1. The molecule has 1 heterocycles. The molecule has 0 atom stereocenters. The minimum Gasteiger partial charge on any atom is -0.489 e. The molecule has 2 rings (SSSR count). The first-order chi connectivity index (χ1) is 9.08. The molecule has 0 radical (unpaired) electrons. The third kappa shape index (κ3) is 3.52. The molecule has 0 aliphatic carbocycles. The Hall–Kier alpha value is -1.46. The zero-order valence-corrected chi connectivity index (χ0v) is 12.8. The van der Waals surface area contributed by atoms with Crippen molar-refractivity contribution in [3.63, 3.8) is 0 Å². The van der Waals surface area contributed by atoms with E-state index in [4.69, 9.17) is 22.7 Å². The summed E-state index contributed by atoms with van der Waals surface area (Å²) in [6.07, 6.45) is 1.67. The van der Waals surface area contributed by atoms with Crippen LogP contribution in [0.25, 0.3) is 0 Å². The third-order valence-corrected chi connectivity index (χ3v) is 3.73. The molecule has 0 saturated heterocycles. The number of hydrogen-bond donors (Lipinski definition) is 1. The largest absolute Gasteiger partial charge is 0.489 e. The molecular weight excluding hydrogens is 324 g/mol. The molecule has 0 spiro atoms. The normalized spacial score (nSPS) is 10.2. The number of thiocarbonyl (C=S) groups is 1. The summed E-state index contributed by atoms with van der Waals surface area (Å²) in [5.41, 5.74) is 8.26. The molecule has 5 heteroatoms. The van der Waals surface area contributed by atoms with Crippen LogP contribution in [0.1, 0.15) is 16.8 Å². The van der Waals surface area contributed by atoms with E-state index < -0.39 is 0 Å². The maximum absolute atomic E-state index is 5.74. The Kier molecular flexibility index (Phi) is 4.50. The van der Waals surface area contributed by atoms with E-state index in [1.807, 2.05) is 37.3 Å². The summed E-state index contributed by atoms with van der Waals surface area (Å²) in [4.78, 5) is 4.45. The first-order valence-corrected chi connectivity index (χ1v) is 6.90. The molecule has 0 amide bonds. The highest BCUT2D eigenvalue weighted by molar-refractivity contribution is 9.10. The van der Waals surface area contributed by atoms with E-state index in [1.165, 1.54) is 0 Å². The Morgan fingerprint density at radius 2 is 2.21 bits per heavy atom. The van der Waals surface area contributed by atoms with Gasteiger partial charge in [0.05, 0.1) is 0 Å². The summed E-state index contributed by atoms with van der Waals surface area (Å²) in [5.74, 6) is 0.804. The Labute approximate surface area is 125 Å². The van der Waals surface area contributed by atoms with Crippen LogP contribution in [-0.2, 0) is 6.61 Å². The lowest BCUT2D eigenvalue weighted by molar-refractivity contribution is 0.305. The van der Waals surface area contributed by atoms with Gasteiger partial charge >= 0.3 is 0 Å². The number of benzene rings is 1. The fourth-order valence-corrected chi connectivity index (χ4v) is 2.08. The number of aromatic nitrogens is 1. The smallest absolute Gasteiger partial charge is 0.123 e. The van der Waals surface area contributed by atoms with Crippen molar-refractivity contribution in [2.75, 3.05) is 0 Å². The molecule has 1 aromatic heterocycles. The number of hydrogen-bond acceptors (Lipinski definition) is 3. The zero-order chi connectivity index (χ0) is 13.8. The summed E-state index contributed by atoms with van der Waals surface area (Å²) in [6, 6.07) is 9.59. The highest BCUT2D eigenvalue weighted by Crippen LogP contribution is 2.22. The van der Waals surface area contributed by atoms with Crippen LogP contribution in [0.15, 0.2) is 41.0 Å². The van der Waals surface area contributed by atoms with E-state index in [0.29, 0.717) is 12.3 Å². The number of nitrogens with two attached hydrogens (primary N) is 1. The Morgan fingerprint density at radius 1 is 1.42 bits per heavy atom. The SMILES string of the molecule is Cc1cc(OCc2cccnc2C(N)=S)ccc1Br. The number of rotatable bonds is 4. The van der Waals surface area contributed by atoms with Gasteiger partial charge in [-0.1, -0.05) is 34.2 Å². The molecule has 0 bridgehead atoms. The molecule has 2 N–H and O–H groups in total. The maximum Gasteiger partial charge on any atom is 0.123 e. The van der Waals surface area contributed by atoms with Gasteiger partial charge in [-0.3, -0.25) is 4.98 Å². The van der Waals surface area contributed by atoms with Gasteiger partial charge in [0.2, 0.25) is 0 Å². The second kappa shape index (κ2) is 6.12. The summed E-state index contributed by atoms with van der Waals surface area (Å²) >= 11 is 8.43. The fraction of sp³-hybridized carbons (Fsp3) is 0.143. The average Bonchev–Trinajstić information content (AvgIpc) is 2.40. The van der Waals surface area contributed by atoms with Gasteiger partial charge < -0.3 is 10.5 Å². The fourth-order valence-electron chi connectivity index (χ4n) is 1.64. The van der Waals surface area contributed by atoms with Gasteiger partial charge in [-0.2, -0.15) is 0 Å². The lowest BCUT2D eigenvalue weighted by atomic mass is 10.2. The Balaban J connectivity index is 2.14. The zero-order valence-electron chi connectivity index (χ0n) is 10.4. The van der Waals surface area contributed by atoms with Gasteiger partial charge in [0.1, 0.15) is 23.0 Å². The van der Waals surface area contributed by atoms with Gasteiger partial charge in [0.15, 0.2) is 0 Å². The van der Waals surface area contributed by atoms with Crippen molar-refractivity contribution in [3.8, 4) is 5.75 Å². The van der Waals surface area contributed by atoms with Crippen molar-refractivity contribution in [3.05, 3.63) is 57.8 Å². The van der Waals surface area contributed by atoms with Crippen LogP contribution in [0.5, 0.6) is 5.75 Å². The monoisotopic (exact) mass is 336 g/mol. The lowest BCUT2D eigenvalue weighted by Crippen LogP contribution is -2.15. The molecule has 98 valence electrons. The topological polar surface area (TPSA) is 48.1 Å². The van der Waals surface area contributed by atoms with Crippen molar-refractivity contribution < 1.29 is 4.74 Å². The van der Waals surface area contributed by atoms with Gasteiger partial charge in [-0.25, -0.2) is 0 Å². The van der Waals surface area contributed by atoms with Crippen LogP contribution in [0, 0.1) is 6.92 Å². The van der Waals surface area contributed by atoms with Crippen molar-refractivity contribution >= 4 is 33.1 Å². The quantitative estimate of drug-likeness (QED) is 0.869. The van der Waals surface area contributed by atoms with Crippen LogP contribution in [0.2, 0.25) is 0 Å². The van der Waals surface area contributed by atoms with E-state index in [2.05, 4.69) is 20.9 Å². The number of ether oxygens (including phenoxy) is 1. The molecular formula is C14H13BrN2OS. The van der Waals surface area contributed by atoms with Crippen LogP contribution in [0.3, 0.4) is 0 Å². The van der Waals surface area contributed by atoms with Gasteiger partial charge in [-0.15, -0.1) is 0 Å². The first-order valence-electron chi connectivity index (χ1n) is 5.70. The van der Waals surface area contributed by atoms with E-state index >= 15 is 0 Å². The van der Waals surface area contributed by atoms with E-state index in [-0.39, 0.29) is 4.99 Å². The van der Waals surface area contributed by atoms with E-state index in [1.54, 1.807) is 6.20 Å². The number of nitrogens with zero attached hydrogens (tertiary/aromatic N) is 1. The molecule has 0 aliphatic heterocycles. The van der Waals surface area contributed by atoms with Crippen molar-refractivity contribution in [2.45, 2.75) is 13.5 Å². The summed E-state index contributed by atoms with van der Waals surface area (Å²) in [5, 5.41) is 0. The molecule has 0 fully saturated rings. The number of halogens is 1. The standard InChI is InChI=1S/C14H13BrN2OS/c1-9-7-11(4-5-12(9)15)18-8-10-3-2-6-17-13(10)14(16)19/h2-7H,8H2,1H3,(H2,16,19). The minimum absolute atomic E-state index is 0.284. The molecule has 0 unspecified atom stereocenters. The highest BCUT2D eigenvalue weighted by Gasteiger charge is 2.07. The Morgan fingerprint density at radius 3 is 2.89 bits per heavy atom. The van der Waals surface area contributed by atoms with Crippen molar-refractivity contribution in [1.82, 2.24) is 4.98 Å². The van der Waals surface area contributed by atoms with Crippen molar-refractivity contribution in [2.24, 2.45) is 5.73 Å². The van der Waals surface area contributed by atoms with Crippen LogP contribution < -0.4 is 10.5 Å². The molecule has 0 aliphatic rings. The highest BCUT2D eigenvalue weighted by atomic mass is 79.9. The molecule has 3 nitrogen and oxygen atoms in total. The average molecular weight is 337 g/mol. The van der Waals surface area contributed by atoms with Crippen molar-refractivity contribution in [1.29, 1.82) is 0 Å². The van der Waals surface area contributed by atoms with E-state index in [0.717, 1.165) is 21.3 Å². The molecule has 2 aromatic rings. The molecule has 0 saturated carbocycles. The van der Waals surface area contributed by atoms with E-state index in [9.17, 15) is 0 Å². The van der Waals surface area contributed by atoms with Gasteiger partial charge in [-0.05, 0) is 36.8 Å². The van der Waals surface area contributed by atoms with Crippen LogP contribution in [0.4, 0.5) is 0 Å². The Bertz CT molecular complexity index is 616. The maximum atomic E-state index is 5.74. The molecule has 1 aromatic carbocycles. The second-order valence-electron chi connectivity index (χ2n) is 4.08. The van der Waals surface area contributed by atoms with Crippen LogP contribution >= 0.6 is 28.1 Å². The minimum atomic E-state index is 0.284. The summed E-state index contributed by atoms with van der Waals surface area (Å²) in [7, 11) is 0. The number of aryl methyl sites for hydroxylation is 1. The van der Waals surface area contributed by atoms with Gasteiger partial charge in [0, 0.05) is 16.2 Å². The third-order valence-electron chi connectivity index (χ3n) is 2.65. The predicted molar refractivity (Wildman–Crippen MR) is 83.3 cm³/mol. The summed E-state index contributed by atoms with van der Waals surface area (Å²) in [6.45, 7) is 2.41. The van der Waals surface area contributed by atoms with Gasteiger partial charge in [0.25, 0.3) is 0 Å². The first kappa shape index (κ1) is 14.0. The second-order valence-corrected chi connectivity index (χ2v) is 5.37.